The number of aliphatic hydroxyl groups excluding tert-OH is 2. The Morgan fingerprint density at radius 2 is 1.76 bits per heavy atom. The van der Waals surface area contributed by atoms with Crippen LogP contribution in [0, 0.1) is 46.3 Å². The second-order valence-corrected chi connectivity index (χ2v) is 13.8. The first-order valence-corrected chi connectivity index (χ1v) is 14.8. The van der Waals surface area contributed by atoms with Crippen LogP contribution in [0.2, 0.25) is 0 Å². The predicted molar refractivity (Wildman–Crippen MR) is 140 cm³/mol. The van der Waals surface area contributed by atoms with E-state index < -0.39 is 17.8 Å². The lowest BCUT2D eigenvalue weighted by Gasteiger charge is -2.66. The number of aliphatic hydroxyl groups is 2. The molecule has 4 fully saturated rings. The molecule has 2 N–H and O–H groups in total. The second kappa shape index (κ2) is 9.89. The summed E-state index contributed by atoms with van der Waals surface area (Å²) in [5.41, 5.74) is -0.929. The number of ether oxygens (including phenoxy) is 1. The summed E-state index contributed by atoms with van der Waals surface area (Å²) in [5, 5.41) is 22.3. The van der Waals surface area contributed by atoms with Crippen molar-refractivity contribution in [3.05, 3.63) is 0 Å². The second-order valence-electron chi connectivity index (χ2n) is 13.5. The zero-order valence-electron chi connectivity index (χ0n) is 22.3. The Balaban J connectivity index is 1.58. The molecular weight excluding hydrogens is 444 g/mol. The van der Waals surface area contributed by atoms with Gasteiger partial charge in [-0.05, 0) is 85.9 Å². The maximum absolute atomic E-state index is 12.5. The molecule has 4 saturated carbocycles. The Bertz CT molecular complexity index is 742. The third-order valence-corrected chi connectivity index (χ3v) is 11.7. The van der Waals surface area contributed by atoms with Crippen molar-refractivity contribution in [3.8, 4) is 0 Å². The predicted octanol–water partition coefficient (Wildman–Crippen LogP) is 6.04. The minimum Gasteiger partial charge on any atom is -0.455 e. The first-order valence-electron chi connectivity index (χ1n) is 14.2. The van der Waals surface area contributed by atoms with E-state index >= 15 is 0 Å². The highest BCUT2D eigenvalue weighted by atomic mass is 32.1. The van der Waals surface area contributed by atoms with Gasteiger partial charge in [0.05, 0.1) is 18.0 Å². The van der Waals surface area contributed by atoms with E-state index in [-0.39, 0.29) is 17.1 Å². The number of rotatable bonds is 7. The van der Waals surface area contributed by atoms with E-state index in [2.05, 4.69) is 47.2 Å². The van der Waals surface area contributed by atoms with Crippen LogP contribution in [0.25, 0.3) is 0 Å². The van der Waals surface area contributed by atoms with Crippen molar-refractivity contribution >= 4 is 18.6 Å². The van der Waals surface area contributed by atoms with Gasteiger partial charge in [-0.2, -0.15) is 12.6 Å². The smallest absolute Gasteiger partial charge is 0.316 e. The van der Waals surface area contributed by atoms with Crippen LogP contribution in [-0.4, -0.2) is 39.7 Å². The molecule has 10 atom stereocenters. The highest BCUT2D eigenvalue weighted by Crippen LogP contribution is 2.69. The summed E-state index contributed by atoms with van der Waals surface area (Å²) < 4.78 is 6.10. The largest absolute Gasteiger partial charge is 0.455 e. The van der Waals surface area contributed by atoms with Crippen LogP contribution in [0.3, 0.4) is 0 Å². The minimum absolute atomic E-state index is 0.00577. The van der Waals surface area contributed by atoms with Gasteiger partial charge in [0.2, 0.25) is 0 Å². The molecular formula is C29H50O4S. The van der Waals surface area contributed by atoms with Crippen LogP contribution in [0.1, 0.15) is 105 Å². The van der Waals surface area contributed by atoms with E-state index in [1.807, 2.05) is 0 Å². The van der Waals surface area contributed by atoms with Gasteiger partial charge in [-0.15, -0.1) is 0 Å². The molecule has 0 radical (unpaired) electrons. The standard InChI is InChI=1S/C29H50O4S/c1-18(2)7-6-8-19(3)22-9-10-23-21-15-25(31)29(33-26(32)17-34)16-20(30)11-14-28(29,5)24(21)12-13-27(22,23)4/h18-25,30-31,34H,6-17H2,1-5H3/t19-,20?,21+,22-,23+,24+,25?,27-,28-,29?/m1/s1. The summed E-state index contributed by atoms with van der Waals surface area (Å²) >= 11 is 4.15. The normalized spacial score (nSPS) is 47.0. The van der Waals surface area contributed by atoms with E-state index in [0.29, 0.717) is 36.0 Å². The Morgan fingerprint density at radius 3 is 2.44 bits per heavy atom. The molecule has 0 aliphatic heterocycles. The molecule has 0 spiro atoms. The lowest BCUT2D eigenvalue weighted by Crippen LogP contribution is -2.70. The Hall–Kier alpha value is -0.260. The van der Waals surface area contributed by atoms with E-state index in [1.54, 1.807) is 0 Å². The van der Waals surface area contributed by atoms with Crippen molar-refractivity contribution in [3.63, 3.8) is 0 Å². The van der Waals surface area contributed by atoms with E-state index in [9.17, 15) is 15.0 Å². The van der Waals surface area contributed by atoms with E-state index in [4.69, 9.17) is 4.74 Å². The van der Waals surface area contributed by atoms with Gasteiger partial charge in [0, 0.05) is 11.8 Å². The lowest BCUT2D eigenvalue weighted by atomic mass is 9.42. The summed E-state index contributed by atoms with van der Waals surface area (Å²) in [6, 6.07) is 0. The molecule has 196 valence electrons. The average molecular weight is 495 g/mol. The fourth-order valence-electron chi connectivity index (χ4n) is 9.72. The molecule has 4 aliphatic carbocycles. The van der Waals surface area contributed by atoms with Gasteiger partial charge in [-0.3, -0.25) is 4.79 Å². The van der Waals surface area contributed by atoms with Gasteiger partial charge in [0.25, 0.3) is 0 Å². The molecule has 0 aromatic carbocycles. The van der Waals surface area contributed by atoms with Crippen LogP contribution in [0.15, 0.2) is 0 Å². The third-order valence-electron chi connectivity index (χ3n) is 11.4. The highest BCUT2D eigenvalue weighted by molar-refractivity contribution is 7.81. The Kier molecular flexibility index (Phi) is 7.80. The number of carbonyl (C=O) groups excluding carboxylic acids is 1. The van der Waals surface area contributed by atoms with Gasteiger partial charge < -0.3 is 14.9 Å². The molecule has 4 rings (SSSR count). The molecule has 0 bridgehead atoms. The average Bonchev–Trinajstić information content (AvgIpc) is 3.13. The molecule has 4 aliphatic rings. The van der Waals surface area contributed by atoms with Gasteiger partial charge in [-0.25, -0.2) is 0 Å². The summed E-state index contributed by atoms with van der Waals surface area (Å²) in [6.45, 7) is 12.0. The van der Waals surface area contributed by atoms with Crippen molar-refractivity contribution in [1.82, 2.24) is 0 Å². The van der Waals surface area contributed by atoms with Crippen LogP contribution in [0.5, 0.6) is 0 Å². The van der Waals surface area contributed by atoms with Gasteiger partial charge in [0.1, 0.15) is 5.60 Å². The summed E-state index contributed by atoms with van der Waals surface area (Å²) in [6.07, 6.45) is 10.3. The molecule has 5 heteroatoms. The fourth-order valence-corrected chi connectivity index (χ4v) is 9.79. The topological polar surface area (TPSA) is 66.8 Å². The van der Waals surface area contributed by atoms with Crippen molar-refractivity contribution in [2.75, 3.05) is 5.75 Å². The zero-order chi connectivity index (χ0) is 24.9. The molecule has 3 unspecified atom stereocenters. The van der Waals surface area contributed by atoms with Crippen molar-refractivity contribution in [1.29, 1.82) is 0 Å². The molecule has 4 nitrogen and oxygen atoms in total. The molecule has 0 amide bonds. The van der Waals surface area contributed by atoms with Crippen molar-refractivity contribution in [2.24, 2.45) is 46.3 Å². The Morgan fingerprint density at radius 1 is 1.03 bits per heavy atom. The number of carbonyl (C=O) groups is 1. The van der Waals surface area contributed by atoms with Crippen molar-refractivity contribution in [2.45, 2.75) is 123 Å². The zero-order valence-corrected chi connectivity index (χ0v) is 23.2. The van der Waals surface area contributed by atoms with Crippen molar-refractivity contribution < 1.29 is 19.7 Å². The minimum atomic E-state index is -0.985. The number of hydrogen-bond acceptors (Lipinski definition) is 5. The van der Waals surface area contributed by atoms with E-state index in [0.717, 1.165) is 37.0 Å². The molecule has 0 aromatic heterocycles. The number of esters is 1. The molecule has 0 aromatic rings. The van der Waals surface area contributed by atoms with Crippen LogP contribution in [-0.2, 0) is 9.53 Å². The summed E-state index contributed by atoms with van der Waals surface area (Å²) in [7, 11) is 0. The van der Waals surface area contributed by atoms with Gasteiger partial charge in [-0.1, -0.05) is 53.9 Å². The lowest BCUT2D eigenvalue weighted by molar-refractivity contribution is -0.274. The molecule has 0 saturated heterocycles. The fraction of sp³-hybridized carbons (Fsp3) is 0.966. The summed E-state index contributed by atoms with van der Waals surface area (Å²) in [4.78, 5) is 12.5. The summed E-state index contributed by atoms with van der Waals surface area (Å²) in [5.74, 6) is 3.50. The first kappa shape index (κ1) is 26.8. The third kappa shape index (κ3) is 4.28. The maximum Gasteiger partial charge on any atom is 0.316 e. The monoisotopic (exact) mass is 494 g/mol. The number of hydrogen-bond donors (Lipinski definition) is 3. The van der Waals surface area contributed by atoms with Gasteiger partial charge in [0.15, 0.2) is 0 Å². The quantitative estimate of drug-likeness (QED) is 0.298. The molecule has 0 heterocycles. The maximum atomic E-state index is 12.5. The highest BCUT2D eigenvalue weighted by Gasteiger charge is 2.69. The number of thiol groups is 1. The van der Waals surface area contributed by atoms with Gasteiger partial charge >= 0.3 is 5.97 Å². The van der Waals surface area contributed by atoms with Crippen LogP contribution in [0.4, 0.5) is 0 Å². The number of fused-ring (bicyclic) bond motifs is 5. The van der Waals surface area contributed by atoms with E-state index in [1.165, 1.54) is 38.5 Å². The first-order chi connectivity index (χ1) is 16.0. The Labute approximate surface area is 213 Å². The van der Waals surface area contributed by atoms with Crippen LogP contribution < -0.4 is 0 Å². The van der Waals surface area contributed by atoms with Crippen LogP contribution >= 0.6 is 12.6 Å². The molecule has 34 heavy (non-hydrogen) atoms. The SMILES string of the molecule is CC(C)CCC[C@@H](C)[C@H]1CC[C@H]2[C@@H]3CC(O)C4(OC(=O)CS)CC(O)CC[C@]4(C)[C@H]3CC[C@]12C.